The summed E-state index contributed by atoms with van der Waals surface area (Å²) in [7, 11) is 0. The number of halogens is 1. The Hall–Kier alpha value is -0.380. The Morgan fingerprint density at radius 1 is 1.53 bits per heavy atom. The van der Waals surface area contributed by atoms with Gasteiger partial charge in [-0.2, -0.15) is 0 Å². The Kier molecular flexibility index (Phi) is 4.60. The van der Waals surface area contributed by atoms with Crippen LogP contribution < -0.4 is 5.32 Å². The molecule has 1 saturated heterocycles. The highest BCUT2D eigenvalue weighted by molar-refractivity contribution is 9.10. The monoisotopic (exact) mass is 297 g/mol. The second-order valence-corrected chi connectivity index (χ2v) is 5.43. The molecule has 1 aliphatic heterocycles. The Balaban J connectivity index is 2.27. The van der Waals surface area contributed by atoms with Crippen molar-refractivity contribution < 1.29 is 4.74 Å². The normalized spacial score (nSPS) is 21.7. The minimum Gasteiger partial charge on any atom is -0.381 e. The molecule has 0 amide bonds. The van der Waals surface area contributed by atoms with Gasteiger partial charge in [0.15, 0.2) is 0 Å². The smallest absolute Gasteiger partial charge is 0.0513 e. The summed E-state index contributed by atoms with van der Waals surface area (Å²) in [5.74, 6) is 0.591. The van der Waals surface area contributed by atoms with Crippen LogP contribution in [0.5, 0.6) is 0 Å². The van der Waals surface area contributed by atoms with E-state index in [2.05, 4.69) is 53.3 Å². The van der Waals surface area contributed by atoms with E-state index >= 15 is 0 Å². The molecule has 0 saturated carbocycles. The van der Waals surface area contributed by atoms with Gasteiger partial charge in [0.2, 0.25) is 0 Å². The van der Waals surface area contributed by atoms with Gasteiger partial charge in [-0.05, 0) is 31.0 Å². The maximum atomic E-state index is 5.52. The van der Waals surface area contributed by atoms with Crippen LogP contribution in [0.1, 0.15) is 30.5 Å². The van der Waals surface area contributed by atoms with Crippen molar-refractivity contribution in [2.75, 3.05) is 19.8 Å². The van der Waals surface area contributed by atoms with Gasteiger partial charge in [-0.1, -0.05) is 41.1 Å². The van der Waals surface area contributed by atoms with Crippen LogP contribution in [0.15, 0.2) is 22.7 Å². The molecule has 1 aromatic rings. The molecule has 1 N–H and O–H groups in total. The molecule has 0 aromatic heterocycles. The summed E-state index contributed by atoms with van der Waals surface area (Å²) in [5.41, 5.74) is 2.66. The van der Waals surface area contributed by atoms with Gasteiger partial charge in [-0.25, -0.2) is 0 Å². The molecule has 17 heavy (non-hydrogen) atoms. The summed E-state index contributed by atoms with van der Waals surface area (Å²) in [6.45, 7) is 7.06. The lowest BCUT2D eigenvalue weighted by Crippen LogP contribution is -2.29. The van der Waals surface area contributed by atoms with Gasteiger partial charge < -0.3 is 10.1 Å². The van der Waals surface area contributed by atoms with E-state index in [9.17, 15) is 0 Å². The molecule has 2 unspecified atom stereocenters. The Morgan fingerprint density at radius 2 is 2.35 bits per heavy atom. The average molecular weight is 298 g/mol. The van der Waals surface area contributed by atoms with Gasteiger partial charge in [-0.3, -0.25) is 0 Å². The molecule has 2 atom stereocenters. The van der Waals surface area contributed by atoms with Crippen LogP contribution in [0, 0.1) is 12.8 Å². The third kappa shape index (κ3) is 2.90. The summed E-state index contributed by atoms with van der Waals surface area (Å²) in [4.78, 5) is 0. The molecule has 94 valence electrons. The summed E-state index contributed by atoms with van der Waals surface area (Å²) in [5, 5.41) is 3.60. The predicted molar refractivity (Wildman–Crippen MR) is 74.2 cm³/mol. The summed E-state index contributed by atoms with van der Waals surface area (Å²) in [6.07, 6.45) is 1.15. The van der Waals surface area contributed by atoms with E-state index < -0.39 is 0 Å². The first-order valence-electron chi connectivity index (χ1n) is 6.30. The van der Waals surface area contributed by atoms with Crippen molar-refractivity contribution in [2.24, 2.45) is 5.92 Å². The minimum atomic E-state index is 0.400. The van der Waals surface area contributed by atoms with Crippen LogP contribution in [-0.4, -0.2) is 19.8 Å². The van der Waals surface area contributed by atoms with Crippen molar-refractivity contribution in [2.45, 2.75) is 26.3 Å². The first-order valence-corrected chi connectivity index (χ1v) is 7.09. The molecule has 0 aliphatic carbocycles. The van der Waals surface area contributed by atoms with Crippen molar-refractivity contribution >= 4 is 15.9 Å². The van der Waals surface area contributed by atoms with Gasteiger partial charge in [0.25, 0.3) is 0 Å². The summed E-state index contributed by atoms with van der Waals surface area (Å²) >= 11 is 3.72. The number of rotatable bonds is 4. The maximum absolute atomic E-state index is 5.52. The van der Waals surface area contributed by atoms with E-state index in [0.717, 1.165) is 26.2 Å². The van der Waals surface area contributed by atoms with E-state index in [1.807, 2.05) is 0 Å². The molecule has 0 spiro atoms. The molecule has 0 radical (unpaired) electrons. The zero-order chi connectivity index (χ0) is 12.3. The third-order valence-electron chi connectivity index (χ3n) is 3.42. The summed E-state index contributed by atoms with van der Waals surface area (Å²) < 4.78 is 6.75. The van der Waals surface area contributed by atoms with Gasteiger partial charge in [0.1, 0.15) is 0 Å². The molecule has 1 heterocycles. The second-order valence-electron chi connectivity index (χ2n) is 4.64. The van der Waals surface area contributed by atoms with Crippen molar-refractivity contribution in [3.8, 4) is 0 Å². The van der Waals surface area contributed by atoms with Gasteiger partial charge in [-0.15, -0.1) is 0 Å². The first kappa shape index (κ1) is 13.1. The Bertz CT molecular complexity index is 374. The highest BCUT2D eigenvalue weighted by Gasteiger charge is 2.27. The van der Waals surface area contributed by atoms with Crippen LogP contribution in [0.4, 0.5) is 0 Å². The number of ether oxygens (including phenoxy) is 1. The fourth-order valence-corrected chi connectivity index (χ4v) is 2.99. The third-order valence-corrected chi connectivity index (χ3v) is 4.50. The van der Waals surface area contributed by atoms with Gasteiger partial charge >= 0.3 is 0 Å². The van der Waals surface area contributed by atoms with Crippen LogP contribution in [0.3, 0.4) is 0 Å². The molecular formula is C14H20BrNO. The molecule has 2 rings (SSSR count). The van der Waals surface area contributed by atoms with Crippen LogP contribution in [0.25, 0.3) is 0 Å². The largest absolute Gasteiger partial charge is 0.381 e. The highest BCUT2D eigenvalue weighted by Crippen LogP contribution is 2.34. The number of benzene rings is 1. The highest BCUT2D eigenvalue weighted by atomic mass is 79.9. The van der Waals surface area contributed by atoms with Crippen molar-refractivity contribution in [3.05, 3.63) is 33.8 Å². The first-order chi connectivity index (χ1) is 8.24. The zero-order valence-electron chi connectivity index (χ0n) is 10.5. The lowest BCUT2D eigenvalue weighted by Gasteiger charge is -2.25. The van der Waals surface area contributed by atoms with Crippen molar-refractivity contribution in [3.63, 3.8) is 0 Å². The van der Waals surface area contributed by atoms with Crippen molar-refractivity contribution in [1.82, 2.24) is 5.32 Å². The van der Waals surface area contributed by atoms with Gasteiger partial charge in [0.05, 0.1) is 6.61 Å². The number of aryl methyl sites for hydroxylation is 1. The van der Waals surface area contributed by atoms with Crippen LogP contribution in [0.2, 0.25) is 0 Å². The van der Waals surface area contributed by atoms with Crippen LogP contribution in [-0.2, 0) is 4.74 Å². The van der Waals surface area contributed by atoms with E-state index in [1.54, 1.807) is 0 Å². The Morgan fingerprint density at radius 3 is 3.00 bits per heavy atom. The second kappa shape index (κ2) is 5.98. The number of nitrogens with one attached hydrogen (secondary N) is 1. The van der Waals surface area contributed by atoms with E-state index in [0.29, 0.717) is 12.0 Å². The maximum Gasteiger partial charge on any atom is 0.0513 e. The fourth-order valence-electron chi connectivity index (χ4n) is 2.48. The van der Waals surface area contributed by atoms with E-state index in [1.165, 1.54) is 15.6 Å². The lowest BCUT2D eigenvalue weighted by molar-refractivity contribution is 0.177. The molecular weight excluding hydrogens is 278 g/mol. The fraction of sp³-hybridized carbons (Fsp3) is 0.571. The average Bonchev–Trinajstić information content (AvgIpc) is 2.84. The SMILES string of the molecule is CCNC(c1cccc(C)c1Br)C1CCOC1. The van der Waals surface area contributed by atoms with Gasteiger partial charge in [0, 0.05) is 23.0 Å². The summed E-state index contributed by atoms with van der Waals surface area (Å²) in [6, 6.07) is 6.89. The molecule has 0 bridgehead atoms. The van der Waals surface area contributed by atoms with Crippen LogP contribution >= 0.6 is 15.9 Å². The van der Waals surface area contributed by atoms with Crippen molar-refractivity contribution in [1.29, 1.82) is 0 Å². The molecule has 2 nitrogen and oxygen atoms in total. The number of hydrogen-bond donors (Lipinski definition) is 1. The molecule has 1 aliphatic rings. The lowest BCUT2D eigenvalue weighted by atomic mass is 9.91. The number of hydrogen-bond acceptors (Lipinski definition) is 2. The zero-order valence-corrected chi connectivity index (χ0v) is 12.1. The molecule has 1 fully saturated rings. The van der Waals surface area contributed by atoms with E-state index in [4.69, 9.17) is 4.74 Å². The Labute approximate surface area is 112 Å². The minimum absolute atomic E-state index is 0.400. The topological polar surface area (TPSA) is 21.3 Å². The van der Waals surface area contributed by atoms with E-state index in [-0.39, 0.29) is 0 Å². The molecule has 3 heteroatoms. The standard InChI is InChI=1S/C14H20BrNO/c1-3-16-14(11-7-8-17-9-11)12-6-4-5-10(2)13(12)15/h4-6,11,14,16H,3,7-9H2,1-2H3. The molecule has 1 aromatic carbocycles. The predicted octanol–water partition coefficient (Wildman–Crippen LogP) is 3.44. The quantitative estimate of drug-likeness (QED) is 0.919.